The van der Waals surface area contributed by atoms with E-state index < -0.39 is 0 Å². The van der Waals surface area contributed by atoms with Crippen LogP contribution in [0.1, 0.15) is 15.9 Å². The largest absolute Gasteiger partial charge is 0.362 e. The molecule has 1 N–H and O–H groups in total. The van der Waals surface area contributed by atoms with Crippen molar-refractivity contribution >= 4 is 22.2 Å². The molecule has 0 aromatic heterocycles. The normalized spacial score (nSPS) is 11.0. The molecule has 0 unspecified atom stereocenters. The third kappa shape index (κ3) is 3.07. The fourth-order valence-corrected chi connectivity index (χ4v) is 2.48. The van der Waals surface area contributed by atoms with E-state index in [4.69, 9.17) is 0 Å². The second kappa shape index (κ2) is 6.27. The molecule has 0 aliphatic rings. The lowest BCUT2D eigenvalue weighted by Gasteiger charge is -2.04. The monoisotopic (exact) mass is 287 g/mol. The highest BCUT2D eigenvalue weighted by atomic mass is 16.1. The number of allylic oxidation sites excluding steroid dienone is 1. The Balaban J connectivity index is 1.80. The van der Waals surface area contributed by atoms with Crippen LogP contribution in [-0.4, -0.2) is 5.78 Å². The molecule has 0 spiro atoms. The zero-order chi connectivity index (χ0) is 15.4. The van der Waals surface area contributed by atoms with E-state index in [1.165, 1.54) is 5.56 Å². The smallest absolute Gasteiger partial charge is 0.187 e. The standard InChI is InChI=1S/C20H17NO/c1-15-6-4-9-17(14-15)21-13-12-20(22)19-11-5-8-16-7-2-3-10-18(16)19/h2-14,21H,1H3/b13-12+. The molecule has 3 aromatic rings. The third-order valence-electron chi connectivity index (χ3n) is 3.56. The van der Waals surface area contributed by atoms with Crippen molar-refractivity contribution < 1.29 is 4.79 Å². The van der Waals surface area contributed by atoms with Gasteiger partial charge in [-0.05, 0) is 35.4 Å². The minimum Gasteiger partial charge on any atom is -0.362 e. The summed E-state index contributed by atoms with van der Waals surface area (Å²) in [5.41, 5.74) is 2.88. The predicted octanol–water partition coefficient (Wildman–Crippen LogP) is 4.96. The zero-order valence-electron chi connectivity index (χ0n) is 12.4. The Hall–Kier alpha value is -2.87. The van der Waals surface area contributed by atoms with Crippen LogP contribution in [0.4, 0.5) is 5.69 Å². The van der Waals surface area contributed by atoms with Crippen LogP contribution in [0.3, 0.4) is 0 Å². The second-order valence-electron chi connectivity index (χ2n) is 5.24. The van der Waals surface area contributed by atoms with Crippen LogP contribution in [0.15, 0.2) is 79.0 Å². The molecule has 108 valence electrons. The maximum atomic E-state index is 12.4. The number of nitrogens with one attached hydrogen (secondary N) is 1. The summed E-state index contributed by atoms with van der Waals surface area (Å²) in [5, 5.41) is 5.19. The Kier molecular flexibility index (Phi) is 4.01. The molecule has 3 rings (SSSR count). The zero-order valence-corrected chi connectivity index (χ0v) is 12.4. The fourth-order valence-electron chi connectivity index (χ4n) is 2.48. The number of anilines is 1. The Morgan fingerprint density at radius 2 is 1.73 bits per heavy atom. The maximum Gasteiger partial charge on any atom is 0.187 e. The molecule has 0 saturated carbocycles. The van der Waals surface area contributed by atoms with Gasteiger partial charge in [-0.25, -0.2) is 0 Å². The molecule has 22 heavy (non-hydrogen) atoms. The summed E-state index contributed by atoms with van der Waals surface area (Å²) in [6.45, 7) is 2.04. The Morgan fingerprint density at radius 3 is 2.59 bits per heavy atom. The first-order valence-electron chi connectivity index (χ1n) is 7.26. The first kappa shape index (κ1) is 14.1. The van der Waals surface area contributed by atoms with E-state index in [0.29, 0.717) is 0 Å². The summed E-state index contributed by atoms with van der Waals surface area (Å²) in [7, 11) is 0. The van der Waals surface area contributed by atoms with E-state index in [1.54, 1.807) is 12.3 Å². The van der Waals surface area contributed by atoms with E-state index >= 15 is 0 Å². The van der Waals surface area contributed by atoms with Crippen LogP contribution in [0.25, 0.3) is 10.8 Å². The van der Waals surface area contributed by atoms with Crippen LogP contribution in [0.2, 0.25) is 0 Å². The van der Waals surface area contributed by atoms with Gasteiger partial charge in [-0.1, -0.05) is 54.6 Å². The van der Waals surface area contributed by atoms with Gasteiger partial charge in [-0.3, -0.25) is 4.79 Å². The Morgan fingerprint density at radius 1 is 0.955 bits per heavy atom. The molecule has 0 heterocycles. The van der Waals surface area contributed by atoms with Gasteiger partial charge in [-0.15, -0.1) is 0 Å². The lowest BCUT2D eigenvalue weighted by atomic mass is 10.0. The van der Waals surface area contributed by atoms with Crippen LogP contribution < -0.4 is 5.32 Å². The first-order valence-corrected chi connectivity index (χ1v) is 7.26. The molecule has 0 radical (unpaired) electrons. The van der Waals surface area contributed by atoms with Gasteiger partial charge in [0.15, 0.2) is 5.78 Å². The highest BCUT2D eigenvalue weighted by molar-refractivity contribution is 6.13. The molecule has 0 fully saturated rings. The molecule has 0 aliphatic carbocycles. The maximum absolute atomic E-state index is 12.4. The van der Waals surface area contributed by atoms with Crippen molar-refractivity contribution in [3.8, 4) is 0 Å². The van der Waals surface area contributed by atoms with Crippen molar-refractivity contribution in [3.63, 3.8) is 0 Å². The van der Waals surface area contributed by atoms with Crippen molar-refractivity contribution in [2.45, 2.75) is 6.92 Å². The van der Waals surface area contributed by atoms with Gasteiger partial charge in [0.2, 0.25) is 0 Å². The SMILES string of the molecule is Cc1cccc(N/C=C/C(=O)c2cccc3ccccc23)c1. The summed E-state index contributed by atoms with van der Waals surface area (Å²) in [5.74, 6) is -0.00282. The number of benzene rings is 3. The molecular formula is C20H17NO. The molecule has 0 saturated heterocycles. The van der Waals surface area contributed by atoms with Crippen LogP contribution in [-0.2, 0) is 0 Å². The first-order chi connectivity index (χ1) is 10.7. The number of fused-ring (bicyclic) bond motifs is 1. The summed E-state index contributed by atoms with van der Waals surface area (Å²) in [4.78, 5) is 12.4. The number of carbonyl (C=O) groups is 1. The Labute approximate surface area is 130 Å². The fraction of sp³-hybridized carbons (Fsp3) is 0.0500. The number of aryl methyl sites for hydroxylation is 1. The number of ketones is 1. The van der Waals surface area contributed by atoms with Gasteiger partial charge >= 0.3 is 0 Å². The molecule has 2 nitrogen and oxygen atoms in total. The van der Waals surface area contributed by atoms with Crippen molar-refractivity contribution in [2.24, 2.45) is 0 Å². The molecule has 3 aromatic carbocycles. The molecule has 2 heteroatoms. The highest BCUT2D eigenvalue weighted by Crippen LogP contribution is 2.19. The molecule has 0 aliphatic heterocycles. The van der Waals surface area contributed by atoms with Gasteiger partial charge in [0.05, 0.1) is 0 Å². The minimum absolute atomic E-state index is 0.00282. The number of carbonyl (C=O) groups excluding carboxylic acids is 1. The average Bonchev–Trinajstić information content (AvgIpc) is 2.54. The van der Waals surface area contributed by atoms with Gasteiger partial charge in [0, 0.05) is 23.5 Å². The van der Waals surface area contributed by atoms with Crippen molar-refractivity contribution in [1.82, 2.24) is 0 Å². The van der Waals surface area contributed by atoms with Crippen molar-refractivity contribution in [1.29, 1.82) is 0 Å². The topological polar surface area (TPSA) is 29.1 Å². The van der Waals surface area contributed by atoms with Gasteiger partial charge < -0.3 is 5.32 Å². The number of rotatable bonds is 4. The average molecular weight is 287 g/mol. The summed E-state index contributed by atoms with van der Waals surface area (Å²) in [6.07, 6.45) is 3.27. The number of hydrogen-bond donors (Lipinski definition) is 1. The molecule has 0 bridgehead atoms. The van der Waals surface area contributed by atoms with Crippen LogP contribution in [0, 0.1) is 6.92 Å². The van der Waals surface area contributed by atoms with Gasteiger partial charge in [0.1, 0.15) is 0 Å². The Bertz CT molecular complexity index is 844. The predicted molar refractivity (Wildman–Crippen MR) is 92.2 cm³/mol. The van der Waals surface area contributed by atoms with E-state index in [1.807, 2.05) is 73.7 Å². The van der Waals surface area contributed by atoms with Crippen LogP contribution >= 0.6 is 0 Å². The number of hydrogen-bond acceptors (Lipinski definition) is 2. The second-order valence-corrected chi connectivity index (χ2v) is 5.24. The summed E-state index contributed by atoms with van der Waals surface area (Å²) in [6, 6.07) is 21.7. The van der Waals surface area contributed by atoms with E-state index in [9.17, 15) is 4.79 Å². The highest BCUT2D eigenvalue weighted by Gasteiger charge is 2.06. The summed E-state index contributed by atoms with van der Waals surface area (Å²) < 4.78 is 0. The van der Waals surface area contributed by atoms with Gasteiger partial charge in [-0.2, -0.15) is 0 Å². The van der Waals surface area contributed by atoms with Gasteiger partial charge in [0.25, 0.3) is 0 Å². The van der Waals surface area contributed by atoms with Crippen LogP contribution in [0.5, 0.6) is 0 Å². The lowest BCUT2D eigenvalue weighted by Crippen LogP contribution is -1.97. The van der Waals surface area contributed by atoms with E-state index in [0.717, 1.165) is 22.0 Å². The quantitative estimate of drug-likeness (QED) is 0.543. The van der Waals surface area contributed by atoms with E-state index in [2.05, 4.69) is 5.32 Å². The van der Waals surface area contributed by atoms with Crippen molar-refractivity contribution in [2.75, 3.05) is 5.32 Å². The summed E-state index contributed by atoms with van der Waals surface area (Å²) >= 11 is 0. The van der Waals surface area contributed by atoms with E-state index in [-0.39, 0.29) is 5.78 Å². The lowest BCUT2D eigenvalue weighted by molar-refractivity contribution is 0.104. The third-order valence-corrected chi connectivity index (χ3v) is 3.56. The minimum atomic E-state index is -0.00282. The molecule has 0 amide bonds. The van der Waals surface area contributed by atoms with Crippen molar-refractivity contribution in [3.05, 3.63) is 90.1 Å². The molecular weight excluding hydrogens is 270 g/mol. The molecule has 0 atom stereocenters.